The van der Waals surface area contributed by atoms with E-state index in [0.29, 0.717) is 23.9 Å². The highest BCUT2D eigenvalue weighted by molar-refractivity contribution is 7.10. The summed E-state index contributed by atoms with van der Waals surface area (Å²) < 4.78 is 21.9. The van der Waals surface area contributed by atoms with Crippen molar-refractivity contribution in [2.75, 3.05) is 20.0 Å². The molecule has 2 aliphatic heterocycles. The number of carbonyl (C=O) groups is 1. The van der Waals surface area contributed by atoms with Gasteiger partial charge in [0.25, 0.3) is 0 Å². The van der Waals surface area contributed by atoms with E-state index in [2.05, 4.69) is 16.0 Å². The van der Waals surface area contributed by atoms with Crippen molar-refractivity contribution in [3.05, 3.63) is 66.2 Å². The minimum Gasteiger partial charge on any atom is -0.480 e. The molecule has 1 N–H and O–H groups in total. The number of ether oxygens (including phenoxy) is 3. The summed E-state index contributed by atoms with van der Waals surface area (Å²) in [6.07, 6.45) is 1.79. The van der Waals surface area contributed by atoms with E-state index < -0.39 is 0 Å². The molecule has 168 valence electrons. The van der Waals surface area contributed by atoms with E-state index in [4.69, 9.17) is 23.8 Å². The molecule has 0 radical (unpaired) electrons. The van der Waals surface area contributed by atoms with Gasteiger partial charge >= 0.3 is 5.97 Å². The van der Waals surface area contributed by atoms with Crippen LogP contribution < -0.4 is 14.0 Å². The van der Waals surface area contributed by atoms with Gasteiger partial charge < -0.3 is 23.8 Å². The zero-order chi connectivity index (χ0) is 22.8. The van der Waals surface area contributed by atoms with Crippen molar-refractivity contribution >= 4 is 15.4 Å². The molecule has 0 bridgehead atoms. The van der Waals surface area contributed by atoms with Gasteiger partial charge in [0.1, 0.15) is 5.75 Å². The molecule has 2 aromatic carbocycles. The first-order valence-corrected chi connectivity index (χ1v) is 10.9. The second-order valence-corrected chi connectivity index (χ2v) is 6.86. The summed E-state index contributed by atoms with van der Waals surface area (Å²) in [5.41, 5.74) is 1.86. The first-order valence-electron chi connectivity index (χ1n) is 10.4. The number of fused-ring (bicyclic) bond motifs is 1. The Balaban J connectivity index is 0.000000630. The molecule has 31 heavy (non-hydrogen) atoms. The average Bonchev–Trinajstić information content (AvgIpc) is 3.42. The topological polar surface area (TPSA) is 74.2 Å². The van der Waals surface area contributed by atoms with Crippen molar-refractivity contribution in [2.24, 2.45) is 11.8 Å². The Kier molecular flexibility index (Phi) is 9.83. The first kappa shape index (κ1) is 24.7. The quantitative estimate of drug-likeness (QED) is 0.407. The molecule has 6 nitrogen and oxygen atoms in total. The van der Waals surface area contributed by atoms with Gasteiger partial charge in [-0.3, -0.25) is 4.79 Å². The zero-order valence-corrected chi connectivity index (χ0v) is 19.4. The maximum atomic E-state index is 12.6. The average molecular weight is 446 g/mol. The van der Waals surface area contributed by atoms with E-state index in [0.717, 1.165) is 11.1 Å². The Morgan fingerprint density at radius 2 is 1.81 bits per heavy atom. The van der Waals surface area contributed by atoms with Crippen molar-refractivity contribution in [3.8, 4) is 17.2 Å². The van der Waals surface area contributed by atoms with Gasteiger partial charge in [-0.1, -0.05) is 50.3 Å². The zero-order valence-electron chi connectivity index (χ0n) is 18.2. The lowest BCUT2D eigenvalue weighted by atomic mass is 9.75. The van der Waals surface area contributed by atoms with Gasteiger partial charge in [-0.05, 0) is 18.6 Å². The van der Waals surface area contributed by atoms with Crippen LogP contribution in [0.4, 0.5) is 0 Å². The molecule has 1 saturated heterocycles. The summed E-state index contributed by atoms with van der Waals surface area (Å²) in [6, 6.07) is 13.6. The molecule has 2 heterocycles. The molecular formula is C24H31O6P. The molecular weight excluding hydrogens is 415 g/mol. The van der Waals surface area contributed by atoms with Crippen LogP contribution in [0.2, 0.25) is 0 Å². The highest BCUT2D eigenvalue weighted by Gasteiger charge is 2.43. The van der Waals surface area contributed by atoms with Gasteiger partial charge in [0.15, 0.2) is 11.5 Å². The number of hydrogen-bond donors (Lipinski definition) is 1. The maximum absolute atomic E-state index is 12.6. The van der Waals surface area contributed by atoms with Gasteiger partial charge in [-0.15, -0.1) is 6.58 Å². The van der Waals surface area contributed by atoms with Crippen LogP contribution in [-0.4, -0.2) is 31.1 Å². The summed E-state index contributed by atoms with van der Waals surface area (Å²) in [5, 5.41) is 7.57. The number of cyclic esters (lactones) is 1. The fraction of sp³-hybridized carbons (Fsp3) is 0.375. The van der Waals surface area contributed by atoms with Gasteiger partial charge in [0, 0.05) is 30.1 Å². The Morgan fingerprint density at radius 3 is 2.39 bits per heavy atom. The fourth-order valence-electron chi connectivity index (χ4n) is 3.68. The second kappa shape index (κ2) is 12.3. The van der Waals surface area contributed by atoms with Crippen LogP contribution in [-0.2, 0) is 9.53 Å². The lowest BCUT2D eigenvalue weighted by molar-refractivity contribution is -0.141. The predicted octanol–water partition coefficient (Wildman–Crippen LogP) is 4.72. The smallest absolute Gasteiger partial charge is 0.310 e. The first-order chi connectivity index (χ1) is 15.1. The van der Waals surface area contributed by atoms with Crippen LogP contribution in [0.15, 0.2) is 55.1 Å². The Labute approximate surface area is 186 Å². The molecule has 2 aromatic rings. The van der Waals surface area contributed by atoms with Crippen molar-refractivity contribution < 1.29 is 28.6 Å². The monoisotopic (exact) mass is 446 g/mol. The van der Waals surface area contributed by atoms with Crippen molar-refractivity contribution in [3.63, 3.8) is 0 Å². The van der Waals surface area contributed by atoms with Gasteiger partial charge in [-0.2, -0.15) is 0 Å². The van der Waals surface area contributed by atoms with E-state index in [9.17, 15) is 4.79 Å². The number of esters is 1. The standard InChI is InChI=1S/C20H19O5P.C2H6O.C2H6/c1-2-12-10-22-20(21)19(12)18(13-6-4-3-5-7-13)14-8-16-17(24-11-23-16)9-15(14)25-26;1-2-3;1-2/h2-9,12,18-19H,1,10-11,26H2;3H,2H2,1H3;1-2H3/t12-,18?,19?;;/m0../s1. The van der Waals surface area contributed by atoms with E-state index >= 15 is 0 Å². The molecule has 0 aromatic heterocycles. The van der Waals surface area contributed by atoms with Gasteiger partial charge in [0.05, 0.1) is 22.0 Å². The summed E-state index contributed by atoms with van der Waals surface area (Å²) in [7, 11) is 2.26. The molecule has 4 atom stereocenters. The lowest BCUT2D eigenvalue weighted by Crippen LogP contribution is -2.24. The molecule has 3 unspecified atom stereocenters. The second-order valence-electron chi connectivity index (χ2n) is 6.62. The number of carbonyl (C=O) groups excluding carboxylic acids is 1. The third-order valence-electron chi connectivity index (χ3n) is 4.94. The number of rotatable bonds is 5. The summed E-state index contributed by atoms with van der Waals surface area (Å²) in [4.78, 5) is 12.6. The Bertz CT molecular complexity index is 855. The van der Waals surface area contributed by atoms with Crippen molar-refractivity contribution in [2.45, 2.75) is 26.7 Å². The summed E-state index contributed by atoms with van der Waals surface area (Å²) >= 11 is 0. The maximum Gasteiger partial charge on any atom is 0.310 e. The van der Waals surface area contributed by atoms with Crippen LogP contribution >= 0.6 is 9.47 Å². The van der Waals surface area contributed by atoms with E-state index in [1.807, 2.05) is 50.2 Å². The minimum atomic E-state index is -0.380. The SMILES string of the molecule is C=C[C@H]1COC(=O)C1C(c1ccccc1)c1cc2c(cc1OP)OCO2.CC.CCO. The molecule has 4 rings (SSSR count). The van der Waals surface area contributed by atoms with Crippen LogP contribution in [0.25, 0.3) is 0 Å². The molecule has 0 aliphatic carbocycles. The van der Waals surface area contributed by atoms with Gasteiger partial charge in [-0.25, -0.2) is 0 Å². The Hall–Kier alpha value is -2.56. The third-order valence-corrected chi connectivity index (χ3v) is 5.19. The molecule has 0 saturated carbocycles. The number of benzene rings is 2. The highest BCUT2D eigenvalue weighted by atomic mass is 31.0. The molecule has 0 spiro atoms. The Morgan fingerprint density at radius 1 is 1.19 bits per heavy atom. The summed E-state index contributed by atoms with van der Waals surface area (Å²) in [5.74, 6) is 0.969. The third kappa shape index (κ3) is 5.57. The van der Waals surface area contributed by atoms with E-state index in [1.165, 1.54) is 0 Å². The molecule has 7 heteroatoms. The van der Waals surface area contributed by atoms with Crippen LogP contribution in [0.3, 0.4) is 0 Å². The number of aliphatic hydroxyl groups is 1. The van der Waals surface area contributed by atoms with Gasteiger partial charge in [0.2, 0.25) is 6.79 Å². The lowest BCUT2D eigenvalue weighted by Gasteiger charge is -2.26. The van der Waals surface area contributed by atoms with E-state index in [-0.39, 0.29) is 37.1 Å². The molecule has 0 amide bonds. The number of hydrogen-bond acceptors (Lipinski definition) is 6. The van der Waals surface area contributed by atoms with Crippen LogP contribution in [0.1, 0.15) is 37.8 Å². The normalized spacial score (nSPS) is 19.2. The molecule has 1 fully saturated rings. The van der Waals surface area contributed by atoms with Crippen molar-refractivity contribution in [1.82, 2.24) is 0 Å². The predicted molar refractivity (Wildman–Crippen MR) is 123 cm³/mol. The minimum absolute atomic E-state index is 0.0736. The molecule has 2 aliphatic rings. The van der Waals surface area contributed by atoms with Crippen LogP contribution in [0.5, 0.6) is 17.2 Å². The largest absolute Gasteiger partial charge is 0.480 e. The summed E-state index contributed by atoms with van der Waals surface area (Å²) in [6.45, 7) is 10.3. The highest BCUT2D eigenvalue weighted by Crippen LogP contribution is 2.48. The van der Waals surface area contributed by atoms with Crippen molar-refractivity contribution in [1.29, 1.82) is 0 Å². The van der Waals surface area contributed by atoms with Crippen LogP contribution in [0, 0.1) is 11.8 Å². The fourth-order valence-corrected chi connectivity index (χ4v) is 3.88. The van der Waals surface area contributed by atoms with E-state index in [1.54, 1.807) is 19.1 Å². The number of aliphatic hydroxyl groups excluding tert-OH is 1.